The lowest BCUT2D eigenvalue weighted by Crippen LogP contribution is -2.48. The van der Waals surface area contributed by atoms with Crippen LogP contribution in [0, 0.1) is 6.92 Å². The number of amides is 1. The molecule has 1 fully saturated rings. The first-order valence-corrected chi connectivity index (χ1v) is 9.58. The van der Waals surface area contributed by atoms with Gasteiger partial charge in [-0.1, -0.05) is 6.07 Å². The molecule has 25 heavy (non-hydrogen) atoms. The number of carbonyl (C=O) groups is 1. The second-order valence-corrected chi connectivity index (χ2v) is 7.50. The van der Waals surface area contributed by atoms with E-state index < -0.39 is 0 Å². The molecule has 1 N–H and O–H groups in total. The quantitative estimate of drug-likeness (QED) is 0.783. The lowest BCUT2D eigenvalue weighted by molar-refractivity contribution is -0.131. The summed E-state index contributed by atoms with van der Waals surface area (Å²) in [5.74, 6) is 1.21. The Kier molecular flexibility index (Phi) is 4.44. The Labute approximate surface area is 151 Å². The molecule has 6 heteroatoms. The molecule has 0 spiro atoms. The number of aryl methyl sites for hydroxylation is 2. The Morgan fingerprint density at radius 2 is 2.08 bits per heavy atom. The van der Waals surface area contributed by atoms with Gasteiger partial charge in [0.05, 0.1) is 11.0 Å². The number of hydrogen-bond acceptors (Lipinski definition) is 4. The molecule has 0 saturated carbocycles. The van der Waals surface area contributed by atoms with Crippen LogP contribution in [-0.2, 0) is 11.2 Å². The van der Waals surface area contributed by atoms with Gasteiger partial charge in [-0.15, -0.1) is 11.3 Å². The van der Waals surface area contributed by atoms with Crippen molar-refractivity contribution in [3.8, 4) is 0 Å². The van der Waals surface area contributed by atoms with E-state index in [2.05, 4.69) is 44.5 Å². The number of fused-ring (bicyclic) bond motifs is 1. The van der Waals surface area contributed by atoms with Crippen LogP contribution in [0.2, 0.25) is 0 Å². The van der Waals surface area contributed by atoms with E-state index in [-0.39, 0.29) is 5.91 Å². The van der Waals surface area contributed by atoms with Crippen molar-refractivity contribution in [3.05, 3.63) is 46.4 Å². The minimum Gasteiger partial charge on any atom is -0.368 e. The summed E-state index contributed by atoms with van der Waals surface area (Å²) >= 11 is 1.72. The van der Waals surface area contributed by atoms with Crippen molar-refractivity contribution in [1.82, 2.24) is 14.9 Å². The molecule has 3 heterocycles. The summed E-state index contributed by atoms with van der Waals surface area (Å²) < 4.78 is 0. The monoisotopic (exact) mass is 354 g/mol. The molecular weight excluding hydrogens is 332 g/mol. The standard InChI is InChI=1S/C19H22N4OS/c1-14-20-17-6-4-15(13-18(17)21-14)22-8-10-23(11-9-22)19(24)7-5-16-3-2-12-25-16/h2-4,6,12-13H,5,7-11H2,1H3,(H,20,21). The fourth-order valence-electron chi connectivity index (χ4n) is 3.38. The first-order chi connectivity index (χ1) is 12.2. The van der Waals surface area contributed by atoms with Crippen LogP contribution in [0.25, 0.3) is 11.0 Å². The Morgan fingerprint density at radius 1 is 1.24 bits per heavy atom. The Bertz CT molecular complexity index is 863. The predicted molar refractivity (Wildman–Crippen MR) is 102 cm³/mol. The van der Waals surface area contributed by atoms with Crippen LogP contribution in [0.15, 0.2) is 35.7 Å². The highest BCUT2D eigenvalue weighted by Gasteiger charge is 2.21. The number of benzene rings is 1. The van der Waals surface area contributed by atoms with Crippen LogP contribution < -0.4 is 4.90 Å². The van der Waals surface area contributed by atoms with Crippen LogP contribution in [0.4, 0.5) is 5.69 Å². The number of hydrogen-bond donors (Lipinski definition) is 1. The summed E-state index contributed by atoms with van der Waals surface area (Å²) in [5.41, 5.74) is 3.27. The Hall–Kier alpha value is -2.34. The molecular formula is C19H22N4OS. The smallest absolute Gasteiger partial charge is 0.223 e. The largest absolute Gasteiger partial charge is 0.368 e. The van der Waals surface area contributed by atoms with Gasteiger partial charge in [0.1, 0.15) is 5.82 Å². The number of rotatable bonds is 4. The molecule has 5 nitrogen and oxygen atoms in total. The summed E-state index contributed by atoms with van der Waals surface area (Å²) in [7, 11) is 0. The maximum Gasteiger partial charge on any atom is 0.223 e. The highest BCUT2D eigenvalue weighted by atomic mass is 32.1. The molecule has 130 valence electrons. The minimum absolute atomic E-state index is 0.271. The highest BCUT2D eigenvalue weighted by Crippen LogP contribution is 2.22. The summed E-state index contributed by atoms with van der Waals surface area (Å²) in [5, 5.41) is 2.07. The average Bonchev–Trinajstić information content (AvgIpc) is 3.27. The maximum absolute atomic E-state index is 12.4. The van der Waals surface area contributed by atoms with Gasteiger partial charge in [-0.25, -0.2) is 4.98 Å². The van der Waals surface area contributed by atoms with Gasteiger partial charge in [-0.3, -0.25) is 4.79 Å². The van der Waals surface area contributed by atoms with Crippen molar-refractivity contribution in [2.24, 2.45) is 0 Å². The zero-order valence-electron chi connectivity index (χ0n) is 14.4. The average molecular weight is 354 g/mol. The van der Waals surface area contributed by atoms with Crippen molar-refractivity contribution in [3.63, 3.8) is 0 Å². The lowest BCUT2D eigenvalue weighted by atomic mass is 10.2. The Balaban J connectivity index is 1.34. The molecule has 0 aliphatic carbocycles. The fraction of sp³-hybridized carbons (Fsp3) is 0.368. The first-order valence-electron chi connectivity index (χ1n) is 8.70. The summed E-state index contributed by atoms with van der Waals surface area (Å²) in [4.78, 5) is 25.8. The molecule has 0 atom stereocenters. The molecule has 4 rings (SSSR count). The van der Waals surface area contributed by atoms with Crippen molar-refractivity contribution in [1.29, 1.82) is 0 Å². The molecule has 3 aromatic rings. The van der Waals surface area contributed by atoms with Gasteiger partial charge in [-0.05, 0) is 43.0 Å². The highest BCUT2D eigenvalue weighted by molar-refractivity contribution is 7.09. The van der Waals surface area contributed by atoms with E-state index in [1.165, 1.54) is 10.6 Å². The van der Waals surface area contributed by atoms with Crippen molar-refractivity contribution in [2.75, 3.05) is 31.1 Å². The molecule has 1 amide bonds. The number of nitrogens with one attached hydrogen (secondary N) is 1. The normalized spacial score (nSPS) is 15.1. The number of carbonyl (C=O) groups excluding carboxylic acids is 1. The Morgan fingerprint density at radius 3 is 2.84 bits per heavy atom. The molecule has 2 aromatic heterocycles. The zero-order valence-corrected chi connectivity index (χ0v) is 15.2. The third kappa shape index (κ3) is 3.54. The van der Waals surface area contributed by atoms with E-state index in [4.69, 9.17) is 0 Å². The second kappa shape index (κ2) is 6.88. The van der Waals surface area contributed by atoms with Gasteiger partial charge in [0.15, 0.2) is 0 Å². The van der Waals surface area contributed by atoms with E-state index in [1.807, 2.05) is 17.9 Å². The molecule has 0 unspecified atom stereocenters. The molecule has 1 aromatic carbocycles. The number of imidazole rings is 1. The number of anilines is 1. The van der Waals surface area contributed by atoms with Crippen LogP contribution in [-0.4, -0.2) is 47.0 Å². The minimum atomic E-state index is 0.271. The van der Waals surface area contributed by atoms with E-state index in [0.717, 1.165) is 49.5 Å². The van der Waals surface area contributed by atoms with E-state index in [1.54, 1.807) is 11.3 Å². The zero-order chi connectivity index (χ0) is 17.2. The van der Waals surface area contributed by atoms with Crippen LogP contribution in [0.1, 0.15) is 17.1 Å². The van der Waals surface area contributed by atoms with Gasteiger partial charge < -0.3 is 14.8 Å². The number of piperazine rings is 1. The lowest BCUT2D eigenvalue weighted by Gasteiger charge is -2.36. The van der Waals surface area contributed by atoms with Gasteiger partial charge in [0, 0.05) is 43.2 Å². The van der Waals surface area contributed by atoms with Crippen molar-refractivity contribution in [2.45, 2.75) is 19.8 Å². The molecule has 1 aliphatic heterocycles. The molecule has 1 aliphatic rings. The van der Waals surface area contributed by atoms with Gasteiger partial charge in [0.25, 0.3) is 0 Å². The number of aromatic amines is 1. The van der Waals surface area contributed by atoms with Gasteiger partial charge in [-0.2, -0.15) is 0 Å². The first kappa shape index (κ1) is 16.1. The van der Waals surface area contributed by atoms with Gasteiger partial charge >= 0.3 is 0 Å². The summed E-state index contributed by atoms with van der Waals surface area (Å²) in [6.07, 6.45) is 1.46. The molecule has 1 saturated heterocycles. The van der Waals surface area contributed by atoms with Crippen molar-refractivity contribution >= 4 is 34.0 Å². The van der Waals surface area contributed by atoms with Crippen LogP contribution in [0.5, 0.6) is 0 Å². The SMILES string of the molecule is Cc1nc2ccc(N3CCN(C(=O)CCc4cccs4)CC3)cc2[nH]1. The fourth-order valence-corrected chi connectivity index (χ4v) is 4.09. The predicted octanol–water partition coefficient (Wildman–Crippen LogP) is 3.21. The number of H-pyrrole nitrogens is 1. The van der Waals surface area contributed by atoms with E-state index >= 15 is 0 Å². The molecule has 0 radical (unpaired) electrons. The topological polar surface area (TPSA) is 52.2 Å². The van der Waals surface area contributed by atoms with Crippen LogP contribution in [0.3, 0.4) is 0 Å². The van der Waals surface area contributed by atoms with E-state index in [9.17, 15) is 4.79 Å². The summed E-state index contributed by atoms with van der Waals surface area (Å²) in [6.45, 7) is 5.32. The number of nitrogens with zero attached hydrogens (tertiary/aromatic N) is 3. The maximum atomic E-state index is 12.4. The van der Waals surface area contributed by atoms with Crippen molar-refractivity contribution < 1.29 is 4.79 Å². The third-order valence-corrected chi connectivity index (χ3v) is 5.68. The third-order valence-electron chi connectivity index (χ3n) is 4.75. The van der Waals surface area contributed by atoms with E-state index in [0.29, 0.717) is 6.42 Å². The number of aromatic nitrogens is 2. The van der Waals surface area contributed by atoms with Gasteiger partial charge in [0.2, 0.25) is 5.91 Å². The second-order valence-electron chi connectivity index (χ2n) is 6.47. The van der Waals surface area contributed by atoms with Crippen LogP contribution >= 0.6 is 11.3 Å². The summed E-state index contributed by atoms with van der Waals surface area (Å²) in [6, 6.07) is 10.5. The number of thiophene rings is 1. The molecule has 0 bridgehead atoms.